The number of aromatic amines is 1. The van der Waals surface area contributed by atoms with Crippen molar-refractivity contribution in [2.45, 2.75) is 26.4 Å². The molecule has 0 spiro atoms. The van der Waals surface area contributed by atoms with Crippen LogP contribution in [0.15, 0.2) is 35.1 Å². The minimum Gasteiger partial charge on any atom is -0.497 e. The average Bonchev–Trinajstić information content (AvgIpc) is 2.44. The molecule has 1 aromatic carbocycles. The normalized spacial score (nSPS) is 10.8. The zero-order valence-electron chi connectivity index (χ0n) is 11.9. The Hall–Kier alpha value is -2.14. The highest BCUT2D eigenvalue weighted by molar-refractivity contribution is 5.57. The number of H-pyrrole nitrogens is 1. The third kappa shape index (κ3) is 3.68. The van der Waals surface area contributed by atoms with Gasteiger partial charge in [-0.15, -0.1) is 0 Å². The van der Waals surface area contributed by atoms with Crippen LogP contribution >= 0.6 is 0 Å². The summed E-state index contributed by atoms with van der Waals surface area (Å²) in [5, 5.41) is 3.25. The Labute approximate surface area is 118 Å². The predicted molar refractivity (Wildman–Crippen MR) is 78.8 cm³/mol. The number of nitrogens with zero attached hydrogens (tertiary/aromatic N) is 1. The average molecular weight is 273 g/mol. The number of rotatable bonds is 5. The van der Waals surface area contributed by atoms with Crippen LogP contribution in [-0.4, -0.2) is 23.1 Å². The zero-order chi connectivity index (χ0) is 14.5. The van der Waals surface area contributed by atoms with Gasteiger partial charge in [0.25, 0.3) is 5.56 Å². The fraction of sp³-hybridized carbons (Fsp3) is 0.333. The lowest BCUT2D eigenvalue weighted by molar-refractivity contribution is 0.415. The van der Waals surface area contributed by atoms with E-state index in [0.717, 1.165) is 17.0 Å². The second kappa shape index (κ2) is 6.34. The van der Waals surface area contributed by atoms with Crippen molar-refractivity contribution in [2.24, 2.45) is 0 Å². The quantitative estimate of drug-likeness (QED) is 0.873. The van der Waals surface area contributed by atoms with Gasteiger partial charge in [-0.25, -0.2) is 4.98 Å². The summed E-state index contributed by atoms with van der Waals surface area (Å²) in [6.45, 7) is 4.67. The number of methoxy groups -OCH3 is 1. The van der Waals surface area contributed by atoms with E-state index in [1.807, 2.05) is 24.3 Å². The summed E-state index contributed by atoms with van der Waals surface area (Å²) >= 11 is 0. The third-order valence-electron chi connectivity index (χ3n) is 2.83. The molecule has 0 bridgehead atoms. The van der Waals surface area contributed by atoms with E-state index in [0.29, 0.717) is 18.4 Å². The smallest absolute Gasteiger partial charge is 0.251 e. The molecule has 1 heterocycles. The monoisotopic (exact) mass is 273 g/mol. The maximum atomic E-state index is 11.7. The molecule has 5 nitrogen and oxygen atoms in total. The van der Waals surface area contributed by atoms with Crippen LogP contribution in [0, 0.1) is 0 Å². The molecule has 2 N–H and O–H groups in total. The van der Waals surface area contributed by atoms with Gasteiger partial charge in [-0.2, -0.15) is 0 Å². The molecule has 1 aromatic heterocycles. The second-order valence-electron chi connectivity index (χ2n) is 4.85. The third-order valence-corrected chi connectivity index (χ3v) is 2.83. The molecule has 0 aliphatic heterocycles. The fourth-order valence-corrected chi connectivity index (χ4v) is 1.81. The van der Waals surface area contributed by atoms with E-state index >= 15 is 0 Å². The highest BCUT2D eigenvalue weighted by atomic mass is 16.5. The molecule has 0 atom stereocenters. The SMILES string of the molecule is COc1cccc(-c2nc(CNC(C)C)cc(=O)[nH]2)c1. The summed E-state index contributed by atoms with van der Waals surface area (Å²) < 4.78 is 5.18. The number of hydrogen-bond acceptors (Lipinski definition) is 4. The van der Waals surface area contributed by atoms with Crippen molar-refractivity contribution in [1.29, 1.82) is 0 Å². The van der Waals surface area contributed by atoms with Crippen LogP contribution in [0.1, 0.15) is 19.5 Å². The molecule has 0 aliphatic rings. The topological polar surface area (TPSA) is 67.0 Å². The van der Waals surface area contributed by atoms with Crippen LogP contribution in [-0.2, 0) is 6.54 Å². The van der Waals surface area contributed by atoms with Crippen molar-refractivity contribution in [1.82, 2.24) is 15.3 Å². The van der Waals surface area contributed by atoms with Gasteiger partial charge in [0.05, 0.1) is 12.8 Å². The van der Waals surface area contributed by atoms with Crippen LogP contribution in [0.4, 0.5) is 0 Å². The van der Waals surface area contributed by atoms with Gasteiger partial charge in [0.2, 0.25) is 0 Å². The lowest BCUT2D eigenvalue weighted by atomic mass is 10.2. The second-order valence-corrected chi connectivity index (χ2v) is 4.85. The number of benzene rings is 1. The summed E-state index contributed by atoms with van der Waals surface area (Å²) in [6.07, 6.45) is 0. The lowest BCUT2D eigenvalue weighted by Gasteiger charge is -2.09. The molecule has 0 aliphatic carbocycles. The Morgan fingerprint density at radius 3 is 2.85 bits per heavy atom. The van der Waals surface area contributed by atoms with Crippen LogP contribution in [0.5, 0.6) is 5.75 Å². The largest absolute Gasteiger partial charge is 0.497 e. The maximum absolute atomic E-state index is 11.7. The predicted octanol–water partition coefficient (Wildman–Crippen LogP) is 1.94. The van der Waals surface area contributed by atoms with Crippen molar-refractivity contribution in [2.75, 3.05) is 7.11 Å². The first-order chi connectivity index (χ1) is 9.58. The highest BCUT2D eigenvalue weighted by Crippen LogP contribution is 2.19. The van der Waals surface area contributed by atoms with Gasteiger partial charge in [0.1, 0.15) is 11.6 Å². The van der Waals surface area contributed by atoms with Gasteiger partial charge < -0.3 is 15.0 Å². The Kier molecular flexibility index (Phi) is 4.53. The number of aromatic nitrogens is 2. The van der Waals surface area contributed by atoms with Crippen molar-refractivity contribution in [3.8, 4) is 17.1 Å². The molecular weight excluding hydrogens is 254 g/mol. The number of nitrogens with one attached hydrogen (secondary N) is 2. The molecule has 0 saturated carbocycles. The van der Waals surface area contributed by atoms with Crippen molar-refractivity contribution in [3.05, 3.63) is 46.4 Å². The van der Waals surface area contributed by atoms with Gasteiger partial charge in [0, 0.05) is 24.2 Å². The molecule has 0 radical (unpaired) electrons. The summed E-state index contributed by atoms with van der Waals surface area (Å²) in [7, 11) is 1.61. The summed E-state index contributed by atoms with van der Waals surface area (Å²) in [4.78, 5) is 19.0. The van der Waals surface area contributed by atoms with Crippen molar-refractivity contribution >= 4 is 0 Å². The first-order valence-corrected chi connectivity index (χ1v) is 6.56. The van der Waals surface area contributed by atoms with Crippen LogP contribution in [0.3, 0.4) is 0 Å². The van der Waals surface area contributed by atoms with Crippen LogP contribution < -0.4 is 15.6 Å². The van der Waals surface area contributed by atoms with Crippen molar-refractivity contribution < 1.29 is 4.74 Å². The summed E-state index contributed by atoms with van der Waals surface area (Å²) in [5.74, 6) is 1.29. The van der Waals surface area contributed by atoms with Gasteiger partial charge >= 0.3 is 0 Å². The Balaban J connectivity index is 2.33. The number of ether oxygens (including phenoxy) is 1. The molecule has 106 valence electrons. The number of hydrogen-bond donors (Lipinski definition) is 2. The lowest BCUT2D eigenvalue weighted by Crippen LogP contribution is -2.24. The van der Waals surface area contributed by atoms with Gasteiger partial charge in [-0.3, -0.25) is 4.79 Å². The summed E-state index contributed by atoms with van der Waals surface area (Å²) in [5.41, 5.74) is 1.39. The first-order valence-electron chi connectivity index (χ1n) is 6.56. The van der Waals surface area contributed by atoms with E-state index in [2.05, 4.69) is 29.1 Å². The molecule has 0 fully saturated rings. The Morgan fingerprint density at radius 1 is 1.35 bits per heavy atom. The zero-order valence-corrected chi connectivity index (χ0v) is 11.9. The standard InChI is InChI=1S/C15H19N3O2/c1-10(2)16-9-12-8-14(19)18-15(17-12)11-5-4-6-13(7-11)20-3/h4-8,10,16H,9H2,1-3H3,(H,17,18,19). The van der Waals surface area contributed by atoms with E-state index in [4.69, 9.17) is 4.74 Å². The molecule has 20 heavy (non-hydrogen) atoms. The maximum Gasteiger partial charge on any atom is 0.251 e. The van der Waals surface area contributed by atoms with Crippen LogP contribution in [0.25, 0.3) is 11.4 Å². The summed E-state index contributed by atoms with van der Waals surface area (Å²) in [6, 6.07) is 9.31. The molecule has 0 amide bonds. The van der Waals surface area contributed by atoms with Gasteiger partial charge in [-0.1, -0.05) is 26.0 Å². The molecule has 2 aromatic rings. The minimum atomic E-state index is -0.154. The minimum absolute atomic E-state index is 0.154. The van der Waals surface area contributed by atoms with E-state index in [9.17, 15) is 4.79 Å². The molecule has 2 rings (SSSR count). The van der Waals surface area contributed by atoms with E-state index in [1.54, 1.807) is 7.11 Å². The Bertz CT molecular complexity index is 635. The highest BCUT2D eigenvalue weighted by Gasteiger charge is 2.05. The molecular formula is C15H19N3O2. The van der Waals surface area contributed by atoms with E-state index < -0.39 is 0 Å². The van der Waals surface area contributed by atoms with E-state index in [1.165, 1.54) is 6.07 Å². The Morgan fingerprint density at radius 2 is 2.15 bits per heavy atom. The van der Waals surface area contributed by atoms with E-state index in [-0.39, 0.29) is 5.56 Å². The van der Waals surface area contributed by atoms with Crippen LogP contribution in [0.2, 0.25) is 0 Å². The first kappa shape index (κ1) is 14.3. The van der Waals surface area contributed by atoms with Gasteiger partial charge in [0.15, 0.2) is 0 Å². The molecule has 5 heteroatoms. The molecule has 0 unspecified atom stereocenters. The molecule has 0 saturated heterocycles. The fourth-order valence-electron chi connectivity index (χ4n) is 1.81. The van der Waals surface area contributed by atoms with Gasteiger partial charge in [-0.05, 0) is 12.1 Å². The van der Waals surface area contributed by atoms with Crippen molar-refractivity contribution in [3.63, 3.8) is 0 Å².